The molecule has 0 radical (unpaired) electrons. The third-order valence-corrected chi connectivity index (χ3v) is 3.19. The van der Waals surface area contributed by atoms with Crippen molar-refractivity contribution in [2.75, 3.05) is 13.7 Å². The van der Waals surface area contributed by atoms with E-state index in [4.69, 9.17) is 16.3 Å². The van der Waals surface area contributed by atoms with Crippen molar-refractivity contribution in [3.63, 3.8) is 0 Å². The molecular weight excluding hydrogens is 198 g/mol. The SMILES string of the molecule is CNC1CCC(OCC(C)=CCl)CC1. The maximum Gasteiger partial charge on any atom is 0.0689 e. The normalized spacial score (nSPS) is 29.2. The summed E-state index contributed by atoms with van der Waals surface area (Å²) >= 11 is 5.56. The van der Waals surface area contributed by atoms with Crippen molar-refractivity contribution in [1.82, 2.24) is 5.32 Å². The highest BCUT2D eigenvalue weighted by Crippen LogP contribution is 2.21. The van der Waals surface area contributed by atoms with E-state index in [0.29, 0.717) is 18.8 Å². The van der Waals surface area contributed by atoms with Gasteiger partial charge < -0.3 is 10.1 Å². The minimum Gasteiger partial charge on any atom is -0.374 e. The molecular formula is C11H20ClNO. The van der Waals surface area contributed by atoms with Crippen molar-refractivity contribution in [3.05, 3.63) is 11.1 Å². The lowest BCUT2D eigenvalue weighted by molar-refractivity contribution is 0.0367. The smallest absolute Gasteiger partial charge is 0.0689 e. The molecule has 82 valence electrons. The van der Waals surface area contributed by atoms with Crippen LogP contribution in [0.4, 0.5) is 0 Å². The first-order chi connectivity index (χ1) is 6.76. The largest absolute Gasteiger partial charge is 0.374 e. The predicted molar refractivity (Wildman–Crippen MR) is 60.7 cm³/mol. The summed E-state index contributed by atoms with van der Waals surface area (Å²) in [7, 11) is 2.03. The van der Waals surface area contributed by atoms with E-state index in [-0.39, 0.29) is 0 Å². The summed E-state index contributed by atoms with van der Waals surface area (Å²) in [6, 6.07) is 0.694. The van der Waals surface area contributed by atoms with E-state index in [1.54, 1.807) is 5.54 Å². The third-order valence-electron chi connectivity index (χ3n) is 2.82. The van der Waals surface area contributed by atoms with Gasteiger partial charge in [-0.3, -0.25) is 0 Å². The molecule has 0 atom stereocenters. The summed E-state index contributed by atoms with van der Waals surface area (Å²) in [4.78, 5) is 0. The molecule has 14 heavy (non-hydrogen) atoms. The molecule has 1 rings (SSSR count). The first kappa shape index (κ1) is 12.0. The van der Waals surface area contributed by atoms with Crippen LogP contribution in [0.2, 0.25) is 0 Å². The van der Waals surface area contributed by atoms with Crippen LogP contribution in [0.1, 0.15) is 32.6 Å². The highest BCUT2D eigenvalue weighted by molar-refractivity contribution is 6.25. The first-order valence-electron chi connectivity index (χ1n) is 5.31. The Kier molecular flexibility index (Phi) is 5.53. The van der Waals surface area contributed by atoms with Crippen LogP contribution >= 0.6 is 11.6 Å². The standard InChI is InChI=1S/C11H20ClNO/c1-9(7-12)8-14-11-5-3-10(13-2)4-6-11/h7,10-11,13H,3-6,8H2,1-2H3. The van der Waals surface area contributed by atoms with Crippen molar-refractivity contribution >= 4 is 11.6 Å². The Bertz CT molecular complexity index is 186. The second-order valence-electron chi connectivity index (χ2n) is 4.03. The van der Waals surface area contributed by atoms with E-state index in [1.807, 2.05) is 14.0 Å². The van der Waals surface area contributed by atoms with Crippen molar-refractivity contribution in [3.8, 4) is 0 Å². The number of ether oxygens (including phenoxy) is 1. The van der Waals surface area contributed by atoms with Crippen LogP contribution in [-0.2, 0) is 4.74 Å². The Balaban J connectivity index is 2.16. The zero-order chi connectivity index (χ0) is 10.4. The quantitative estimate of drug-likeness (QED) is 0.782. The predicted octanol–water partition coefficient (Wildman–Crippen LogP) is 2.68. The van der Waals surface area contributed by atoms with Crippen LogP contribution < -0.4 is 5.32 Å². The van der Waals surface area contributed by atoms with Crippen molar-refractivity contribution in [1.29, 1.82) is 0 Å². The molecule has 1 aliphatic rings. The van der Waals surface area contributed by atoms with Gasteiger partial charge >= 0.3 is 0 Å². The Morgan fingerprint density at radius 3 is 2.57 bits per heavy atom. The summed E-state index contributed by atoms with van der Waals surface area (Å²) < 4.78 is 5.75. The van der Waals surface area contributed by atoms with Crippen LogP contribution in [-0.4, -0.2) is 25.8 Å². The summed E-state index contributed by atoms with van der Waals surface area (Å²) in [5.41, 5.74) is 2.70. The van der Waals surface area contributed by atoms with Crippen LogP contribution in [0.3, 0.4) is 0 Å². The van der Waals surface area contributed by atoms with Crippen LogP contribution in [0.25, 0.3) is 0 Å². The molecule has 0 heterocycles. The lowest BCUT2D eigenvalue weighted by Gasteiger charge is -2.28. The average molecular weight is 218 g/mol. The summed E-state index contributed by atoms with van der Waals surface area (Å²) in [6.07, 6.45) is 5.23. The monoisotopic (exact) mass is 217 g/mol. The molecule has 0 unspecified atom stereocenters. The molecule has 1 fully saturated rings. The van der Waals surface area contributed by atoms with E-state index in [9.17, 15) is 0 Å². The molecule has 3 heteroatoms. The molecule has 0 amide bonds. The Morgan fingerprint density at radius 2 is 2.07 bits per heavy atom. The minimum atomic E-state index is 0.436. The number of hydrogen-bond acceptors (Lipinski definition) is 2. The zero-order valence-electron chi connectivity index (χ0n) is 9.05. The molecule has 1 N–H and O–H groups in total. The molecule has 1 aliphatic carbocycles. The summed E-state index contributed by atoms with van der Waals surface area (Å²) in [5.74, 6) is 0. The van der Waals surface area contributed by atoms with E-state index in [0.717, 1.165) is 5.57 Å². The lowest BCUT2D eigenvalue weighted by Crippen LogP contribution is -2.33. The highest BCUT2D eigenvalue weighted by atomic mass is 35.5. The number of halogens is 1. The van der Waals surface area contributed by atoms with Gasteiger partial charge in [0.15, 0.2) is 0 Å². The number of hydrogen-bond donors (Lipinski definition) is 1. The fourth-order valence-corrected chi connectivity index (χ4v) is 1.86. The maximum atomic E-state index is 5.75. The summed E-state index contributed by atoms with van der Waals surface area (Å²) in [6.45, 7) is 2.67. The topological polar surface area (TPSA) is 21.3 Å². The second kappa shape index (κ2) is 6.44. The Morgan fingerprint density at radius 1 is 1.43 bits per heavy atom. The van der Waals surface area contributed by atoms with Crippen molar-refractivity contribution < 1.29 is 4.74 Å². The van der Waals surface area contributed by atoms with Gasteiger partial charge in [-0.25, -0.2) is 0 Å². The molecule has 0 aliphatic heterocycles. The molecule has 2 nitrogen and oxygen atoms in total. The van der Waals surface area contributed by atoms with Gasteiger partial charge in [0.2, 0.25) is 0 Å². The Labute approximate surface area is 91.7 Å². The van der Waals surface area contributed by atoms with Gasteiger partial charge in [0.05, 0.1) is 12.7 Å². The fraction of sp³-hybridized carbons (Fsp3) is 0.818. The second-order valence-corrected chi connectivity index (χ2v) is 4.25. The zero-order valence-corrected chi connectivity index (χ0v) is 9.81. The van der Waals surface area contributed by atoms with E-state index in [1.165, 1.54) is 25.7 Å². The van der Waals surface area contributed by atoms with E-state index in [2.05, 4.69) is 5.32 Å². The van der Waals surface area contributed by atoms with Crippen LogP contribution in [0, 0.1) is 0 Å². The molecule has 0 saturated heterocycles. The van der Waals surface area contributed by atoms with E-state index < -0.39 is 0 Å². The van der Waals surface area contributed by atoms with Crippen LogP contribution in [0.5, 0.6) is 0 Å². The molecule has 0 aromatic rings. The van der Waals surface area contributed by atoms with Gasteiger partial charge in [-0.2, -0.15) is 0 Å². The first-order valence-corrected chi connectivity index (χ1v) is 5.74. The Hall–Kier alpha value is -0.0500. The van der Waals surface area contributed by atoms with Gasteiger partial charge in [0.1, 0.15) is 0 Å². The van der Waals surface area contributed by atoms with Gasteiger partial charge in [0, 0.05) is 11.6 Å². The maximum absolute atomic E-state index is 5.75. The highest BCUT2D eigenvalue weighted by Gasteiger charge is 2.19. The van der Waals surface area contributed by atoms with Gasteiger partial charge in [0.25, 0.3) is 0 Å². The average Bonchev–Trinajstić information content (AvgIpc) is 2.26. The molecule has 0 aromatic carbocycles. The molecule has 0 bridgehead atoms. The van der Waals surface area contributed by atoms with Crippen molar-refractivity contribution in [2.45, 2.75) is 44.8 Å². The number of rotatable bonds is 4. The van der Waals surface area contributed by atoms with Gasteiger partial charge in [-0.15, -0.1) is 0 Å². The van der Waals surface area contributed by atoms with Crippen molar-refractivity contribution in [2.24, 2.45) is 0 Å². The number of nitrogens with one attached hydrogen (secondary N) is 1. The van der Waals surface area contributed by atoms with E-state index >= 15 is 0 Å². The van der Waals surface area contributed by atoms with Crippen LogP contribution in [0.15, 0.2) is 11.1 Å². The van der Waals surface area contributed by atoms with Gasteiger partial charge in [-0.05, 0) is 45.2 Å². The summed E-state index contributed by atoms with van der Waals surface area (Å²) in [5, 5.41) is 3.31. The molecule has 1 saturated carbocycles. The fourth-order valence-electron chi connectivity index (χ4n) is 1.80. The molecule has 0 spiro atoms. The minimum absolute atomic E-state index is 0.436. The molecule has 0 aromatic heterocycles. The lowest BCUT2D eigenvalue weighted by atomic mass is 9.93. The third kappa shape index (κ3) is 3.99. The van der Waals surface area contributed by atoms with Gasteiger partial charge in [-0.1, -0.05) is 11.6 Å².